The van der Waals surface area contributed by atoms with Crippen molar-refractivity contribution in [2.45, 2.75) is 71.0 Å². The Morgan fingerprint density at radius 2 is 1.76 bits per heavy atom. The van der Waals surface area contributed by atoms with Gasteiger partial charge in [-0.2, -0.15) is 9.97 Å². The molecule has 14 heteroatoms. The van der Waals surface area contributed by atoms with Gasteiger partial charge in [0.2, 0.25) is 11.7 Å². The number of likely N-dealkylation sites (tertiary alicyclic amines) is 1. The monoisotopic (exact) mass is 621 g/mol. The van der Waals surface area contributed by atoms with Crippen molar-refractivity contribution in [3.05, 3.63) is 42.2 Å². The molecule has 14 nitrogen and oxygen atoms in total. The number of amides is 4. The minimum Gasteiger partial charge on any atom is -0.467 e. The maximum Gasteiger partial charge on any atom is 0.320 e. The van der Waals surface area contributed by atoms with Crippen LogP contribution in [0.5, 0.6) is 6.01 Å². The van der Waals surface area contributed by atoms with Crippen molar-refractivity contribution in [1.29, 1.82) is 0 Å². The average Bonchev–Trinajstić information content (AvgIpc) is 3.47. The number of carbonyl (C=O) groups excluding carboxylic acids is 4. The van der Waals surface area contributed by atoms with E-state index in [9.17, 15) is 19.2 Å². The van der Waals surface area contributed by atoms with Crippen LogP contribution in [0.4, 0.5) is 10.6 Å². The van der Waals surface area contributed by atoms with Gasteiger partial charge in [-0.3, -0.25) is 14.4 Å². The molecule has 3 aromatic rings. The van der Waals surface area contributed by atoms with Crippen LogP contribution in [0.25, 0.3) is 11.2 Å². The highest BCUT2D eigenvalue weighted by atomic mass is 16.5. The Kier molecular flexibility index (Phi) is 11.7. The highest BCUT2D eigenvalue weighted by Gasteiger charge is 2.32. The van der Waals surface area contributed by atoms with Crippen LogP contribution in [0.1, 0.15) is 51.5 Å². The summed E-state index contributed by atoms with van der Waals surface area (Å²) in [5.74, 6) is -2.09. The fourth-order valence-corrected chi connectivity index (χ4v) is 5.24. The molecule has 0 radical (unpaired) electrons. The summed E-state index contributed by atoms with van der Waals surface area (Å²) in [6.45, 7) is 5.57. The quantitative estimate of drug-likeness (QED) is 0.154. The number of rotatable bonds is 14. The van der Waals surface area contributed by atoms with Gasteiger partial charge in [0.1, 0.15) is 11.6 Å². The summed E-state index contributed by atoms with van der Waals surface area (Å²) in [7, 11) is 1.44. The molecule has 0 bridgehead atoms. The molecule has 1 unspecified atom stereocenters. The second-order valence-corrected chi connectivity index (χ2v) is 11.5. The number of nitrogen functional groups attached to an aromatic ring is 1. The minimum atomic E-state index is -1.07. The van der Waals surface area contributed by atoms with E-state index < -0.39 is 29.7 Å². The first kappa shape index (κ1) is 33.1. The van der Waals surface area contributed by atoms with Crippen LogP contribution in [-0.2, 0) is 27.3 Å². The topological polar surface area (TPSA) is 186 Å². The number of urea groups is 1. The summed E-state index contributed by atoms with van der Waals surface area (Å²) in [6.07, 6.45) is 5.66. The van der Waals surface area contributed by atoms with Gasteiger partial charge in [-0.1, -0.05) is 44.2 Å². The van der Waals surface area contributed by atoms with Crippen LogP contribution in [0.2, 0.25) is 0 Å². The zero-order chi connectivity index (χ0) is 32.3. The van der Waals surface area contributed by atoms with Crippen molar-refractivity contribution < 1.29 is 23.9 Å². The van der Waals surface area contributed by atoms with Crippen LogP contribution in [0.3, 0.4) is 0 Å². The molecule has 5 N–H and O–H groups in total. The predicted octanol–water partition coefficient (Wildman–Crippen LogP) is 1.83. The smallest absolute Gasteiger partial charge is 0.320 e. The lowest BCUT2D eigenvalue weighted by Crippen LogP contribution is -2.57. The lowest BCUT2D eigenvalue weighted by Gasteiger charge is -2.30. The Bertz CT molecular complexity index is 1470. The molecule has 2 atom stereocenters. The zero-order valence-electron chi connectivity index (χ0n) is 26.1. The Morgan fingerprint density at radius 1 is 1.02 bits per heavy atom. The number of nitrogens with zero attached hydrogens (tertiary/aromatic N) is 5. The van der Waals surface area contributed by atoms with E-state index in [-0.39, 0.29) is 36.7 Å². The number of Topliss-reactive ketones (excluding diaryl/α,β-unsaturated/α-hetero) is 1. The number of benzene rings is 1. The number of anilines is 1. The van der Waals surface area contributed by atoms with Crippen molar-refractivity contribution in [3.8, 4) is 6.01 Å². The molecule has 4 amide bonds. The third kappa shape index (κ3) is 8.89. The molecular weight excluding hydrogens is 578 g/mol. The molecule has 1 aliphatic heterocycles. The number of methoxy groups -OCH3 is 1. The average molecular weight is 622 g/mol. The summed E-state index contributed by atoms with van der Waals surface area (Å²) < 4.78 is 6.85. The van der Waals surface area contributed by atoms with Gasteiger partial charge in [-0.05, 0) is 50.0 Å². The van der Waals surface area contributed by atoms with E-state index >= 15 is 0 Å². The lowest BCUT2D eigenvalue weighted by atomic mass is 9.99. The number of aryl methyl sites for hydroxylation is 2. The first-order chi connectivity index (χ1) is 21.7. The largest absolute Gasteiger partial charge is 0.467 e. The summed E-state index contributed by atoms with van der Waals surface area (Å²) in [5, 5.41) is 8.29. The van der Waals surface area contributed by atoms with E-state index in [4.69, 9.17) is 10.5 Å². The predicted molar refractivity (Wildman–Crippen MR) is 168 cm³/mol. The Hall–Kier alpha value is -4.75. The molecule has 1 fully saturated rings. The molecule has 1 aliphatic rings. The van der Waals surface area contributed by atoms with Crippen LogP contribution < -0.4 is 26.4 Å². The van der Waals surface area contributed by atoms with E-state index in [1.165, 1.54) is 7.11 Å². The standard InChI is InChI=1S/C31H43N9O5/c1-20(2)23(36-31(44)39-16-8-5-9-17-39)28(42)35-22(14-13-21-11-6-4-7-12-21)25(41)29(43)33-15-10-18-40-19-34-24-26(32)37-30(45-3)38-27(24)40/h4,6-7,11-12,19-20,22-23H,5,8-10,13-18H2,1-3H3,(H,33,43)(H,35,42)(H,36,44)(H2,32,37,38)/t22?,23-/m0/s1. The second kappa shape index (κ2) is 15.8. The summed E-state index contributed by atoms with van der Waals surface area (Å²) in [4.78, 5) is 67.0. The number of nitrogens with one attached hydrogen (secondary N) is 3. The molecule has 242 valence electrons. The van der Waals surface area contributed by atoms with Crippen LogP contribution in [0.15, 0.2) is 36.7 Å². The number of carbonyl (C=O) groups is 4. The molecule has 4 rings (SSSR count). The van der Waals surface area contributed by atoms with Gasteiger partial charge < -0.3 is 35.9 Å². The van der Waals surface area contributed by atoms with Crippen molar-refractivity contribution in [1.82, 2.24) is 40.4 Å². The summed E-state index contributed by atoms with van der Waals surface area (Å²) in [6, 6.07) is 7.41. The normalized spacial score (nSPS) is 14.5. The van der Waals surface area contributed by atoms with Gasteiger partial charge >= 0.3 is 12.0 Å². The first-order valence-electron chi connectivity index (χ1n) is 15.4. The van der Waals surface area contributed by atoms with E-state index in [0.29, 0.717) is 43.6 Å². The fraction of sp³-hybridized carbons (Fsp3) is 0.516. The van der Waals surface area contributed by atoms with Crippen molar-refractivity contribution in [2.24, 2.45) is 5.92 Å². The number of ketones is 1. The Morgan fingerprint density at radius 3 is 2.44 bits per heavy atom. The zero-order valence-corrected chi connectivity index (χ0v) is 26.1. The number of nitrogens with two attached hydrogens (primary N) is 1. The number of hydrogen-bond donors (Lipinski definition) is 4. The maximum atomic E-state index is 13.5. The van der Waals surface area contributed by atoms with Crippen LogP contribution in [-0.4, -0.2) is 86.9 Å². The van der Waals surface area contributed by atoms with E-state index in [2.05, 4.69) is 30.9 Å². The van der Waals surface area contributed by atoms with Crippen LogP contribution in [0, 0.1) is 5.92 Å². The number of piperidine rings is 1. The molecule has 45 heavy (non-hydrogen) atoms. The number of ether oxygens (including phenoxy) is 1. The van der Waals surface area contributed by atoms with E-state index in [0.717, 1.165) is 24.8 Å². The molecule has 0 saturated carbocycles. The molecular formula is C31H43N9O5. The van der Waals surface area contributed by atoms with E-state index in [1.54, 1.807) is 15.8 Å². The van der Waals surface area contributed by atoms with Gasteiger partial charge in [-0.15, -0.1) is 0 Å². The van der Waals surface area contributed by atoms with Gasteiger partial charge in [0.25, 0.3) is 5.91 Å². The molecule has 0 aliphatic carbocycles. The minimum absolute atomic E-state index is 0.120. The molecule has 1 saturated heterocycles. The Balaban J connectivity index is 1.37. The third-order valence-electron chi connectivity index (χ3n) is 7.81. The van der Waals surface area contributed by atoms with Crippen molar-refractivity contribution >= 4 is 40.6 Å². The first-order valence-corrected chi connectivity index (χ1v) is 15.4. The second-order valence-electron chi connectivity index (χ2n) is 11.5. The highest BCUT2D eigenvalue weighted by molar-refractivity contribution is 6.38. The SMILES string of the molecule is COc1nc(N)c2ncn(CCCNC(=O)C(=O)C(CCc3ccccc3)NC(=O)[C@@H](NC(=O)N3CCCCC3)C(C)C)c2n1. The fourth-order valence-electron chi connectivity index (χ4n) is 5.24. The molecule has 0 spiro atoms. The number of imidazole rings is 1. The third-order valence-corrected chi connectivity index (χ3v) is 7.81. The maximum absolute atomic E-state index is 13.5. The summed E-state index contributed by atoms with van der Waals surface area (Å²) >= 11 is 0. The van der Waals surface area contributed by atoms with Crippen LogP contribution >= 0.6 is 0 Å². The van der Waals surface area contributed by atoms with Crippen molar-refractivity contribution in [3.63, 3.8) is 0 Å². The molecule has 1 aromatic carbocycles. The van der Waals surface area contributed by atoms with Crippen molar-refractivity contribution in [2.75, 3.05) is 32.5 Å². The Labute approximate surface area is 262 Å². The lowest BCUT2D eigenvalue weighted by molar-refractivity contribution is -0.140. The number of hydrogen-bond acceptors (Lipinski definition) is 9. The van der Waals surface area contributed by atoms with E-state index in [1.807, 2.05) is 44.2 Å². The summed E-state index contributed by atoms with van der Waals surface area (Å²) in [5.41, 5.74) is 7.85. The highest BCUT2D eigenvalue weighted by Crippen LogP contribution is 2.19. The molecule has 2 aromatic heterocycles. The van der Waals surface area contributed by atoms with Gasteiger partial charge in [0.05, 0.1) is 19.5 Å². The number of fused-ring (bicyclic) bond motifs is 1. The van der Waals surface area contributed by atoms with Gasteiger partial charge in [-0.25, -0.2) is 9.78 Å². The number of aromatic nitrogens is 4. The van der Waals surface area contributed by atoms with Gasteiger partial charge in [0.15, 0.2) is 11.5 Å². The van der Waals surface area contributed by atoms with Gasteiger partial charge in [0, 0.05) is 26.2 Å². The molecule has 3 heterocycles.